The molecule has 7 heteroatoms. The molecule has 0 fully saturated rings. The maximum Gasteiger partial charge on any atom is 0.188 e. The van der Waals surface area contributed by atoms with Crippen LogP contribution in [0, 0.1) is 6.92 Å². The van der Waals surface area contributed by atoms with Gasteiger partial charge in [0.1, 0.15) is 12.0 Å². The van der Waals surface area contributed by atoms with Crippen LogP contribution < -0.4 is 16.4 Å². The fourth-order valence-corrected chi connectivity index (χ4v) is 2.37. The predicted octanol–water partition coefficient (Wildman–Crippen LogP) is 3.31. The van der Waals surface area contributed by atoms with Crippen molar-refractivity contribution in [2.45, 2.75) is 6.92 Å². The minimum absolute atomic E-state index is 0.453. The second kappa shape index (κ2) is 5.76. The van der Waals surface area contributed by atoms with Gasteiger partial charge >= 0.3 is 0 Å². The van der Waals surface area contributed by atoms with Gasteiger partial charge in [0.15, 0.2) is 16.8 Å². The molecule has 0 spiro atoms. The molecular weight excluding hydrogens is 284 g/mol. The molecule has 0 aliphatic rings. The summed E-state index contributed by atoms with van der Waals surface area (Å²) < 4.78 is 0. The summed E-state index contributed by atoms with van der Waals surface area (Å²) in [7, 11) is 0. The van der Waals surface area contributed by atoms with E-state index >= 15 is 0 Å². The number of nitrogens with one attached hydrogen (secondary N) is 2. The van der Waals surface area contributed by atoms with Crippen LogP contribution >= 0.6 is 11.3 Å². The summed E-state index contributed by atoms with van der Waals surface area (Å²) in [4.78, 5) is 12.5. The second-order valence-corrected chi connectivity index (χ2v) is 5.34. The van der Waals surface area contributed by atoms with Crippen molar-refractivity contribution < 1.29 is 0 Å². The van der Waals surface area contributed by atoms with Crippen molar-refractivity contribution in [2.75, 3.05) is 16.4 Å². The first-order valence-electron chi connectivity index (χ1n) is 6.33. The molecule has 106 valence electrons. The van der Waals surface area contributed by atoms with E-state index in [2.05, 4.69) is 25.6 Å². The Bertz CT molecular complexity index is 741. The predicted molar refractivity (Wildman–Crippen MR) is 86.3 cm³/mol. The standard InChI is InChI=1S/C14H14N6S/c1-9-3-2-4-10(7-9)19-12-11(15)13(18-8-17-12)20-14-16-5-6-21-14/h2-8H,15H2,1H3,(H2,16,17,18,19,20). The van der Waals surface area contributed by atoms with Crippen LogP contribution in [0.25, 0.3) is 0 Å². The Balaban J connectivity index is 1.86. The van der Waals surface area contributed by atoms with E-state index in [0.29, 0.717) is 17.3 Å². The second-order valence-electron chi connectivity index (χ2n) is 4.44. The first-order valence-corrected chi connectivity index (χ1v) is 7.21. The molecule has 0 amide bonds. The molecular formula is C14H14N6S. The Morgan fingerprint density at radius 2 is 1.90 bits per heavy atom. The average Bonchev–Trinajstić information content (AvgIpc) is 2.96. The molecule has 0 aliphatic carbocycles. The van der Waals surface area contributed by atoms with Gasteiger partial charge in [-0.25, -0.2) is 15.0 Å². The number of rotatable bonds is 4. The number of hydrogen-bond acceptors (Lipinski definition) is 7. The van der Waals surface area contributed by atoms with Gasteiger partial charge in [0.05, 0.1) is 0 Å². The zero-order valence-corrected chi connectivity index (χ0v) is 12.2. The van der Waals surface area contributed by atoms with Crippen molar-refractivity contribution in [1.82, 2.24) is 15.0 Å². The highest BCUT2D eigenvalue weighted by atomic mass is 32.1. The van der Waals surface area contributed by atoms with Gasteiger partial charge in [-0.05, 0) is 24.6 Å². The number of nitrogens with zero attached hydrogens (tertiary/aromatic N) is 3. The zero-order chi connectivity index (χ0) is 14.7. The zero-order valence-electron chi connectivity index (χ0n) is 11.4. The number of anilines is 5. The van der Waals surface area contributed by atoms with Crippen LogP contribution in [0.4, 0.5) is 28.1 Å². The lowest BCUT2D eigenvalue weighted by atomic mass is 10.2. The number of thiazole rings is 1. The van der Waals surface area contributed by atoms with Crippen LogP contribution in [0.3, 0.4) is 0 Å². The molecule has 4 N–H and O–H groups in total. The smallest absolute Gasteiger partial charge is 0.188 e. The maximum absolute atomic E-state index is 6.11. The Labute approximate surface area is 126 Å². The fraction of sp³-hybridized carbons (Fsp3) is 0.0714. The lowest BCUT2D eigenvalue weighted by Crippen LogP contribution is -2.05. The van der Waals surface area contributed by atoms with Crippen molar-refractivity contribution in [1.29, 1.82) is 0 Å². The number of aryl methyl sites for hydroxylation is 1. The van der Waals surface area contributed by atoms with Crippen LogP contribution in [0.15, 0.2) is 42.2 Å². The van der Waals surface area contributed by atoms with Crippen molar-refractivity contribution in [2.24, 2.45) is 0 Å². The number of benzene rings is 1. The molecule has 3 rings (SSSR count). The molecule has 0 radical (unpaired) electrons. The van der Waals surface area contributed by atoms with Crippen LogP contribution in [0.1, 0.15) is 5.56 Å². The third-order valence-electron chi connectivity index (χ3n) is 2.82. The first-order chi connectivity index (χ1) is 10.2. The highest BCUT2D eigenvalue weighted by Gasteiger charge is 2.09. The minimum atomic E-state index is 0.453. The van der Waals surface area contributed by atoms with Crippen molar-refractivity contribution in [3.05, 3.63) is 47.7 Å². The molecule has 0 aliphatic heterocycles. The fourth-order valence-electron chi connectivity index (χ4n) is 1.84. The normalized spacial score (nSPS) is 10.3. The third kappa shape index (κ3) is 3.09. The minimum Gasteiger partial charge on any atom is -0.393 e. The van der Waals surface area contributed by atoms with E-state index < -0.39 is 0 Å². The van der Waals surface area contributed by atoms with E-state index in [-0.39, 0.29) is 0 Å². The molecule has 3 aromatic rings. The van der Waals surface area contributed by atoms with E-state index in [0.717, 1.165) is 16.4 Å². The molecule has 0 saturated heterocycles. The molecule has 21 heavy (non-hydrogen) atoms. The Kier molecular flexibility index (Phi) is 3.65. The largest absolute Gasteiger partial charge is 0.393 e. The van der Waals surface area contributed by atoms with Gasteiger partial charge < -0.3 is 16.4 Å². The third-order valence-corrected chi connectivity index (χ3v) is 3.51. The summed E-state index contributed by atoms with van der Waals surface area (Å²) in [5.74, 6) is 1.10. The quantitative estimate of drug-likeness (QED) is 0.685. The van der Waals surface area contributed by atoms with Gasteiger partial charge in [-0.1, -0.05) is 12.1 Å². The maximum atomic E-state index is 6.11. The van der Waals surface area contributed by atoms with Crippen LogP contribution in [-0.2, 0) is 0 Å². The van der Waals surface area contributed by atoms with Crippen LogP contribution in [0.2, 0.25) is 0 Å². The summed E-state index contributed by atoms with van der Waals surface area (Å²) in [5, 5.41) is 8.90. The Hall–Kier alpha value is -2.67. The van der Waals surface area contributed by atoms with Crippen molar-refractivity contribution in [3.63, 3.8) is 0 Å². The number of nitrogen functional groups attached to an aromatic ring is 1. The van der Waals surface area contributed by atoms with Gasteiger partial charge in [0, 0.05) is 17.3 Å². The van der Waals surface area contributed by atoms with Gasteiger partial charge in [-0.2, -0.15) is 0 Å². The summed E-state index contributed by atoms with van der Waals surface area (Å²) in [6.07, 6.45) is 3.18. The van der Waals surface area contributed by atoms with E-state index in [4.69, 9.17) is 5.73 Å². The molecule has 2 heterocycles. The molecule has 1 aromatic carbocycles. The summed E-state index contributed by atoms with van der Waals surface area (Å²) in [6, 6.07) is 7.99. The summed E-state index contributed by atoms with van der Waals surface area (Å²) in [6.45, 7) is 2.03. The van der Waals surface area contributed by atoms with Crippen LogP contribution in [0.5, 0.6) is 0 Å². The number of hydrogen-bond donors (Lipinski definition) is 3. The summed E-state index contributed by atoms with van der Waals surface area (Å²) in [5.41, 5.74) is 8.66. The molecule has 0 unspecified atom stereocenters. The molecule has 2 aromatic heterocycles. The number of nitrogens with two attached hydrogens (primary N) is 1. The summed E-state index contributed by atoms with van der Waals surface area (Å²) >= 11 is 1.48. The van der Waals surface area contributed by atoms with Gasteiger partial charge in [-0.15, -0.1) is 11.3 Å². The lowest BCUT2D eigenvalue weighted by Gasteiger charge is -2.11. The Morgan fingerprint density at radius 1 is 1.10 bits per heavy atom. The van der Waals surface area contributed by atoms with Crippen molar-refractivity contribution in [3.8, 4) is 0 Å². The SMILES string of the molecule is Cc1cccc(Nc2ncnc(Nc3nccs3)c2N)c1. The first kappa shape index (κ1) is 13.3. The van der Waals surface area contributed by atoms with Gasteiger partial charge in [0.25, 0.3) is 0 Å². The highest BCUT2D eigenvalue weighted by Crippen LogP contribution is 2.28. The molecule has 0 saturated carbocycles. The average molecular weight is 298 g/mol. The molecule has 0 atom stereocenters. The highest BCUT2D eigenvalue weighted by molar-refractivity contribution is 7.13. The van der Waals surface area contributed by atoms with E-state index in [1.807, 2.05) is 36.6 Å². The van der Waals surface area contributed by atoms with E-state index in [1.165, 1.54) is 17.7 Å². The number of aromatic nitrogens is 3. The molecule has 0 bridgehead atoms. The monoisotopic (exact) mass is 298 g/mol. The lowest BCUT2D eigenvalue weighted by molar-refractivity contribution is 1.17. The van der Waals surface area contributed by atoms with Crippen LogP contribution in [-0.4, -0.2) is 15.0 Å². The topological polar surface area (TPSA) is 88.8 Å². The van der Waals surface area contributed by atoms with E-state index in [1.54, 1.807) is 6.20 Å². The Morgan fingerprint density at radius 3 is 2.62 bits per heavy atom. The van der Waals surface area contributed by atoms with Gasteiger partial charge in [-0.3, -0.25) is 0 Å². The molecule has 6 nitrogen and oxygen atoms in total. The van der Waals surface area contributed by atoms with Gasteiger partial charge in [0.2, 0.25) is 0 Å². The van der Waals surface area contributed by atoms with Crippen molar-refractivity contribution >= 4 is 39.5 Å². The van der Waals surface area contributed by atoms with E-state index in [9.17, 15) is 0 Å².